The molecule has 1 heterocycles. The first kappa shape index (κ1) is 22.6. The summed E-state index contributed by atoms with van der Waals surface area (Å²) < 4.78 is 43.7. The van der Waals surface area contributed by atoms with Crippen LogP contribution in [0.15, 0.2) is 77.7 Å². The van der Waals surface area contributed by atoms with Crippen LogP contribution in [0, 0.1) is 0 Å². The number of carbonyl (C=O) groups is 1. The van der Waals surface area contributed by atoms with E-state index in [1.807, 2.05) is 30.3 Å². The van der Waals surface area contributed by atoms with Crippen LogP contribution >= 0.6 is 0 Å². The minimum atomic E-state index is -3.90. The Hall–Kier alpha value is -3.56. The molecule has 0 saturated heterocycles. The van der Waals surface area contributed by atoms with Crippen molar-refractivity contribution in [3.63, 3.8) is 0 Å². The van der Waals surface area contributed by atoms with E-state index in [2.05, 4.69) is 5.32 Å². The lowest BCUT2D eigenvalue weighted by atomic mass is 10.3. The van der Waals surface area contributed by atoms with Crippen LogP contribution in [0.2, 0.25) is 0 Å². The van der Waals surface area contributed by atoms with Gasteiger partial charge in [0, 0.05) is 25.2 Å². The van der Waals surface area contributed by atoms with Gasteiger partial charge in [0.1, 0.15) is 11.5 Å². The molecule has 8 nitrogen and oxygen atoms in total. The monoisotopic (exact) mass is 468 g/mol. The van der Waals surface area contributed by atoms with Crippen molar-refractivity contribution in [3.8, 4) is 23.0 Å². The maximum Gasteiger partial charge on any atom is 0.243 e. The Kier molecular flexibility index (Phi) is 6.81. The van der Waals surface area contributed by atoms with Gasteiger partial charge in [-0.15, -0.1) is 0 Å². The molecule has 9 heteroatoms. The summed E-state index contributed by atoms with van der Waals surface area (Å²) in [4.78, 5) is 12.5. The normalized spacial score (nSPS) is 13.3. The lowest BCUT2D eigenvalue weighted by Crippen LogP contribution is -2.35. The van der Waals surface area contributed by atoms with E-state index >= 15 is 0 Å². The largest absolute Gasteiger partial charge is 0.490 e. The zero-order chi connectivity index (χ0) is 23.3. The Labute approximate surface area is 192 Å². The van der Waals surface area contributed by atoms with Crippen molar-refractivity contribution in [3.05, 3.63) is 72.8 Å². The molecule has 3 aromatic carbocycles. The summed E-state index contributed by atoms with van der Waals surface area (Å²) >= 11 is 0. The highest BCUT2D eigenvalue weighted by Gasteiger charge is 2.25. The zero-order valence-electron chi connectivity index (χ0n) is 18.1. The molecule has 3 aromatic rings. The Morgan fingerprint density at radius 2 is 1.61 bits per heavy atom. The molecule has 0 saturated carbocycles. The average molecular weight is 469 g/mol. The van der Waals surface area contributed by atoms with Crippen LogP contribution in [0.4, 0.5) is 5.69 Å². The van der Waals surface area contributed by atoms with Crippen molar-refractivity contribution < 1.29 is 27.4 Å². The van der Waals surface area contributed by atoms with Gasteiger partial charge in [0.05, 0.1) is 24.7 Å². The number of hydrogen-bond donors (Lipinski definition) is 1. The van der Waals surface area contributed by atoms with E-state index in [-0.39, 0.29) is 11.4 Å². The standard InChI is InChI=1S/C24H24N2O6S/c1-26(33(28,29)21-12-13-22-23(16-21)31-15-5-14-30-22)17-24(27)25-18-8-10-20(11-9-18)32-19-6-3-2-4-7-19/h2-4,6-13,16H,5,14-15,17H2,1H3,(H,25,27). The van der Waals surface area contributed by atoms with Crippen molar-refractivity contribution in [1.82, 2.24) is 4.31 Å². The number of fused-ring (bicyclic) bond motifs is 1. The van der Waals surface area contributed by atoms with Crippen LogP contribution in [0.3, 0.4) is 0 Å². The predicted octanol–water partition coefficient (Wildman–Crippen LogP) is 3.90. The number of likely N-dealkylation sites (N-methyl/N-ethyl adjacent to an activating group) is 1. The van der Waals surface area contributed by atoms with E-state index < -0.39 is 15.9 Å². The minimum absolute atomic E-state index is 0.0319. The van der Waals surface area contributed by atoms with Crippen LogP contribution in [-0.4, -0.2) is 45.4 Å². The number of anilines is 1. The third-order valence-corrected chi connectivity index (χ3v) is 6.71. The Bertz CT molecular complexity index is 1210. The van der Waals surface area contributed by atoms with Crippen molar-refractivity contribution in [2.24, 2.45) is 0 Å². The predicted molar refractivity (Wildman–Crippen MR) is 123 cm³/mol. The second-order valence-electron chi connectivity index (χ2n) is 7.41. The van der Waals surface area contributed by atoms with E-state index in [1.54, 1.807) is 30.3 Å². The summed E-state index contributed by atoms with van der Waals surface area (Å²) in [5, 5.41) is 2.70. The third kappa shape index (κ3) is 5.63. The van der Waals surface area contributed by atoms with E-state index in [4.69, 9.17) is 14.2 Å². The molecule has 0 radical (unpaired) electrons. The molecule has 0 atom stereocenters. The number of para-hydroxylation sites is 1. The van der Waals surface area contributed by atoms with E-state index in [9.17, 15) is 13.2 Å². The zero-order valence-corrected chi connectivity index (χ0v) is 18.9. The molecule has 0 fully saturated rings. The number of ether oxygens (including phenoxy) is 3. The van der Waals surface area contributed by atoms with Gasteiger partial charge >= 0.3 is 0 Å². The fraction of sp³-hybridized carbons (Fsp3) is 0.208. The summed E-state index contributed by atoms with van der Waals surface area (Å²) in [7, 11) is -2.54. The summed E-state index contributed by atoms with van der Waals surface area (Å²) in [6.45, 7) is 0.613. The molecule has 172 valence electrons. The number of nitrogens with zero attached hydrogens (tertiary/aromatic N) is 1. The SMILES string of the molecule is CN(CC(=O)Nc1ccc(Oc2ccccc2)cc1)S(=O)(=O)c1ccc2c(c1)OCCCO2. The highest BCUT2D eigenvalue weighted by Crippen LogP contribution is 2.32. The number of hydrogen-bond acceptors (Lipinski definition) is 6. The lowest BCUT2D eigenvalue weighted by Gasteiger charge is -2.18. The first-order valence-corrected chi connectivity index (χ1v) is 11.8. The number of carbonyl (C=O) groups excluding carboxylic acids is 1. The molecule has 0 spiro atoms. The summed E-state index contributed by atoms with van der Waals surface area (Å²) in [6, 6.07) is 20.6. The molecule has 0 bridgehead atoms. The fourth-order valence-corrected chi connectivity index (χ4v) is 4.35. The smallest absolute Gasteiger partial charge is 0.243 e. The van der Waals surface area contributed by atoms with Crippen molar-refractivity contribution in [2.75, 3.05) is 32.1 Å². The van der Waals surface area contributed by atoms with Gasteiger partial charge in [0.25, 0.3) is 0 Å². The molecule has 1 amide bonds. The number of nitrogens with one attached hydrogen (secondary N) is 1. The Morgan fingerprint density at radius 3 is 2.33 bits per heavy atom. The topological polar surface area (TPSA) is 94.2 Å². The van der Waals surface area contributed by atoms with Crippen LogP contribution in [0.5, 0.6) is 23.0 Å². The van der Waals surface area contributed by atoms with E-state index in [1.165, 1.54) is 19.2 Å². The van der Waals surface area contributed by atoms with Crippen LogP contribution < -0.4 is 19.5 Å². The van der Waals surface area contributed by atoms with Crippen LogP contribution in [-0.2, 0) is 14.8 Å². The number of benzene rings is 3. The quantitative estimate of drug-likeness (QED) is 0.565. The van der Waals surface area contributed by atoms with Crippen molar-refractivity contribution >= 4 is 21.6 Å². The maximum atomic E-state index is 12.9. The van der Waals surface area contributed by atoms with Gasteiger partial charge in [-0.1, -0.05) is 18.2 Å². The second-order valence-corrected chi connectivity index (χ2v) is 9.45. The molecule has 1 aliphatic heterocycles. The van der Waals surface area contributed by atoms with Crippen molar-refractivity contribution in [1.29, 1.82) is 0 Å². The molecule has 1 N–H and O–H groups in total. The van der Waals surface area contributed by atoms with E-state index in [0.29, 0.717) is 41.9 Å². The first-order chi connectivity index (χ1) is 15.9. The molecular formula is C24H24N2O6S. The van der Waals surface area contributed by atoms with Crippen molar-refractivity contribution in [2.45, 2.75) is 11.3 Å². The van der Waals surface area contributed by atoms with Crippen LogP contribution in [0.25, 0.3) is 0 Å². The van der Waals surface area contributed by atoms with Gasteiger partial charge < -0.3 is 19.5 Å². The molecule has 0 unspecified atom stereocenters. The minimum Gasteiger partial charge on any atom is -0.490 e. The van der Waals surface area contributed by atoms with Gasteiger partial charge in [0.2, 0.25) is 15.9 Å². The number of rotatable bonds is 7. The number of sulfonamides is 1. The molecule has 1 aliphatic rings. The molecule has 33 heavy (non-hydrogen) atoms. The van der Waals surface area contributed by atoms with Gasteiger partial charge in [-0.3, -0.25) is 4.79 Å². The summed E-state index contributed by atoms with van der Waals surface area (Å²) in [5.74, 6) is 1.74. The highest BCUT2D eigenvalue weighted by atomic mass is 32.2. The number of amides is 1. The maximum absolute atomic E-state index is 12.9. The van der Waals surface area contributed by atoms with Crippen LogP contribution in [0.1, 0.15) is 6.42 Å². The highest BCUT2D eigenvalue weighted by molar-refractivity contribution is 7.89. The second kappa shape index (κ2) is 9.93. The Balaban J connectivity index is 1.37. The van der Waals surface area contributed by atoms with Gasteiger partial charge in [-0.2, -0.15) is 4.31 Å². The van der Waals surface area contributed by atoms with Gasteiger partial charge in [-0.05, 0) is 48.5 Å². The fourth-order valence-electron chi connectivity index (χ4n) is 3.20. The van der Waals surface area contributed by atoms with Gasteiger partial charge in [0.15, 0.2) is 11.5 Å². The average Bonchev–Trinajstić information content (AvgIpc) is 3.06. The third-order valence-electron chi connectivity index (χ3n) is 4.91. The van der Waals surface area contributed by atoms with Gasteiger partial charge in [-0.25, -0.2) is 8.42 Å². The lowest BCUT2D eigenvalue weighted by molar-refractivity contribution is -0.116. The molecule has 0 aliphatic carbocycles. The summed E-state index contributed by atoms with van der Waals surface area (Å²) in [5.41, 5.74) is 0.529. The van der Waals surface area contributed by atoms with E-state index in [0.717, 1.165) is 10.7 Å². The first-order valence-electron chi connectivity index (χ1n) is 10.4. The molecular weight excluding hydrogens is 444 g/mol. The Morgan fingerprint density at radius 1 is 0.939 bits per heavy atom. The molecule has 4 rings (SSSR count). The molecule has 0 aromatic heterocycles. The summed E-state index contributed by atoms with van der Waals surface area (Å²) in [6.07, 6.45) is 0.718.